The molecular formula is C13H16FNO3. The summed E-state index contributed by atoms with van der Waals surface area (Å²) < 4.78 is 12.7. The van der Waals surface area contributed by atoms with E-state index in [1.165, 1.54) is 12.1 Å². The highest BCUT2D eigenvalue weighted by molar-refractivity contribution is 5.96. The van der Waals surface area contributed by atoms with Crippen molar-refractivity contribution >= 4 is 11.9 Å². The fourth-order valence-corrected chi connectivity index (χ4v) is 1.54. The third-order valence-corrected chi connectivity index (χ3v) is 2.42. The maximum absolute atomic E-state index is 12.7. The van der Waals surface area contributed by atoms with Crippen LogP contribution in [0.3, 0.4) is 0 Å². The zero-order valence-corrected chi connectivity index (χ0v) is 10.3. The minimum absolute atomic E-state index is 0.152. The van der Waals surface area contributed by atoms with Crippen LogP contribution in [0.25, 0.3) is 0 Å². The molecule has 0 heterocycles. The summed E-state index contributed by atoms with van der Waals surface area (Å²) in [6.45, 7) is 3.75. The number of rotatable bonds is 5. The number of carbonyl (C=O) groups excluding carboxylic acids is 1. The second kappa shape index (κ2) is 6.14. The van der Waals surface area contributed by atoms with E-state index in [0.717, 1.165) is 12.1 Å². The van der Waals surface area contributed by atoms with Gasteiger partial charge in [-0.2, -0.15) is 0 Å². The number of hydrogen-bond donors (Lipinski definition) is 2. The van der Waals surface area contributed by atoms with Gasteiger partial charge in [0.15, 0.2) is 0 Å². The fraction of sp³-hybridized carbons (Fsp3) is 0.385. The molecule has 98 valence electrons. The average molecular weight is 253 g/mol. The van der Waals surface area contributed by atoms with Gasteiger partial charge in [0, 0.05) is 5.56 Å². The molecule has 0 aliphatic rings. The van der Waals surface area contributed by atoms with Gasteiger partial charge in [-0.05, 0) is 36.6 Å². The van der Waals surface area contributed by atoms with Crippen molar-refractivity contribution in [3.05, 3.63) is 35.6 Å². The molecule has 5 heteroatoms. The van der Waals surface area contributed by atoms with E-state index in [1.54, 1.807) is 0 Å². The summed E-state index contributed by atoms with van der Waals surface area (Å²) in [5.74, 6) is -1.87. The Morgan fingerprint density at radius 2 is 1.83 bits per heavy atom. The summed E-state index contributed by atoms with van der Waals surface area (Å²) in [4.78, 5) is 22.7. The van der Waals surface area contributed by atoms with Crippen LogP contribution in [0.2, 0.25) is 0 Å². The molecule has 1 aromatic carbocycles. The zero-order chi connectivity index (χ0) is 13.7. The molecule has 0 aromatic heterocycles. The Labute approximate surface area is 105 Å². The van der Waals surface area contributed by atoms with E-state index in [-0.39, 0.29) is 11.5 Å². The molecule has 0 aliphatic heterocycles. The first-order chi connectivity index (χ1) is 8.40. The van der Waals surface area contributed by atoms with Crippen LogP contribution in [0.5, 0.6) is 0 Å². The predicted molar refractivity (Wildman–Crippen MR) is 64.7 cm³/mol. The molecule has 0 spiro atoms. The lowest BCUT2D eigenvalue weighted by Crippen LogP contribution is -2.41. The number of carboxylic acid groups (broad SMARTS) is 1. The third-order valence-electron chi connectivity index (χ3n) is 2.42. The Morgan fingerprint density at radius 1 is 1.28 bits per heavy atom. The van der Waals surface area contributed by atoms with Gasteiger partial charge in [0.2, 0.25) is 0 Å². The SMILES string of the molecule is CC(C)C[C@H](NC(=O)c1ccc(F)cc1)C(=O)O. The molecule has 18 heavy (non-hydrogen) atoms. The number of halogens is 1. The van der Waals surface area contributed by atoms with E-state index in [1.807, 2.05) is 13.8 Å². The maximum atomic E-state index is 12.7. The Balaban J connectivity index is 2.72. The van der Waals surface area contributed by atoms with E-state index in [2.05, 4.69) is 5.32 Å². The lowest BCUT2D eigenvalue weighted by molar-refractivity contribution is -0.139. The van der Waals surface area contributed by atoms with E-state index >= 15 is 0 Å². The summed E-state index contributed by atoms with van der Waals surface area (Å²) in [6.07, 6.45) is 0.349. The van der Waals surface area contributed by atoms with Gasteiger partial charge in [0.05, 0.1) is 0 Å². The lowest BCUT2D eigenvalue weighted by Gasteiger charge is -2.16. The number of carboxylic acids is 1. The molecule has 1 rings (SSSR count). The van der Waals surface area contributed by atoms with Crippen LogP contribution in [0.15, 0.2) is 24.3 Å². The second-order valence-electron chi connectivity index (χ2n) is 4.50. The van der Waals surface area contributed by atoms with Gasteiger partial charge >= 0.3 is 5.97 Å². The Bertz CT molecular complexity index is 428. The smallest absolute Gasteiger partial charge is 0.326 e. The quantitative estimate of drug-likeness (QED) is 0.844. The molecule has 2 N–H and O–H groups in total. The number of hydrogen-bond acceptors (Lipinski definition) is 2. The number of aliphatic carboxylic acids is 1. The topological polar surface area (TPSA) is 66.4 Å². The first kappa shape index (κ1) is 14.2. The Hall–Kier alpha value is -1.91. The molecule has 4 nitrogen and oxygen atoms in total. The molecule has 1 aromatic rings. The predicted octanol–water partition coefficient (Wildman–Crippen LogP) is 2.05. The highest BCUT2D eigenvalue weighted by Crippen LogP contribution is 2.07. The molecule has 0 radical (unpaired) electrons. The first-order valence-corrected chi connectivity index (χ1v) is 5.69. The summed E-state index contributed by atoms with van der Waals surface area (Å²) in [5, 5.41) is 11.4. The molecule has 0 unspecified atom stereocenters. The minimum Gasteiger partial charge on any atom is -0.480 e. The number of carbonyl (C=O) groups is 2. The van der Waals surface area contributed by atoms with Gasteiger partial charge in [-0.3, -0.25) is 4.79 Å². The number of benzene rings is 1. The Morgan fingerprint density at radius 3 is 2.28 bits per heavy atom. The van der Waals surface area contributed by atoms with Crippen LogP contribution in [0.1, 0.15) is 30.6 Å². The van der Waals surface area contributed by atoms with E-state index in [9.17, 15) is 14.0 Å². The molecular weight excluding hydrogens is 237 g/mol. The summed E-state index contributed by atoms with van der Waals surface area (Å²) in [7, 11) is 0. The third kappa shape index (κ3) is 4.16. The summed E-state index contributed by atoms with van der Waals surface area (Å²) in [6, 6.07) is 4.03. The van der Waals surface area contributed by atoms with E-state index < -0.39 is 23.7 Å². The van der Waals surface area contributed by atoms with Crippen molar-refractivity contribution in [1.82, 2.24) is 5.32 Å². The minimum atomic E-state index is -1.07. The molecule has 0 fully saturated rings. The molecule has 0 saturated heterocycles. The van der Waals surface area contributed by atoms with E-state index in [0.29, 0.717) is 6.42 Å². The van der Waals surface area contributed by atoms with Crippen molar-refractivity contribution in [2.75, 3.05) is 0 Å². The van der Waals surface area contributed by atoms with Crippen LogP contribution in [0.4, 0.5) is 4.39 Å². The Kier molecular flexibility index (Phi) is 4.83. The summed E-state index contributed by atoms with van der Waals surface area (Å²) >= 11 is 0. The summed E-state index contributed by atoms with van der Waals surface area (Å²) in [5.41, 5.74) is 0.242. The van der Waals surface area contributed by atoms with Crippen molar-refractivity contribution < 1.29 is 19.1 Å². The fourth-order valence-electron chi connectivity index (χ4n) is 1.54. The lowest BCUT2D eigenvalue weighted by atomic mass is 10.0. The van der Waals surface area contributed by atoms with Crippen molar-refractivity contribution in [2.45, 2.75) is 26.3 Å². The van der Waals surface area contributed by atoms with Gasteiger partial charge < -0.3 is 10.4 Å². The van der Waals surface area contributed by atoms with Crippen molar-refractivity contribution in [3.8, 4) is 0 Å². The standard InChI is InChI=1S/C13H16FNO3/c1-8(2)7-11(13(17)18)15-12(16)9-3-5-10(14)6-4-9/h3-6,8,11H,7H2,1-2H3,(H,15,16)(H,17,18)/t11-/m0/s1. The maximum Gasteiger partial charge on any atom is 0.326 e. The van der Waals surface area contributed by atoms with Crippen molar-refractivity contribution in [2.24, 2.45) is 5.92 Å². The molecule has 1 amide bonds. The van der Waals surface area contributed by atoms with Gasteiger partial charge in [-0.25, -0.2) is 9.18 Å². The molecule has 0 bridgehead atoms. The van der Waals surface area contributed by atoms with Crippen LogP contribution in [-0.4, -0.2) is 23.0 Å². The van der Waals surface area contributed by atoms with Gasteiger partial charge in [0.25, 0.3) is 5.91 Å². The zero-order valence-electron chi connectivity index (χ0n) is 10.3. The molecule has 0 aliphatic carbocycles. The van der Waals surface area contributed by atoms with Crippen LogP contribution < -0.4 is 5.32 Å². The second-order valence-corrected chi connectivity index (χ2v) is 4.50. The number of amides is 1. The highest BCUT2D eigenvalue weighted by atomic mass is 19.1. The largest absolute Gasteiger partial charge is 0.480 e. The number of nitrogens with one attached hydrogen (secondary N) is 1. The van der Waals surface area contributed by atoms with E-state index in [4.69, 9.17) is 5.11 Å². The normalized spacial score (nSPS) is 12.2. The van der Waals surface area contributed by atoms with Crippen molar-refractivity contribution in [1.29, 1.82) is 0 Å². The van der Waals surface area contributed by atoms with Crippen molar-refractivity contribution in [3.63, 3.8) is 0 Å². The van der Waals surface area contributed by atoms with Crippen LogP contribution in [0, 0.1) is 11.7 Å². The van der Waals surface area contributed by atoms with Gasteiger partial charge in [-0.1, -0.05) is 13.8 Å². The monoisotopic (exact) mass is 253 g/mol. The molecule has 0 saturated carbocycles. The first-order valence-electron chi connectivity index (χ1n) is 5.69. The van der Waals surface area contributed by atoms with Crippen LogP contribution in [-0.2, 0) is 4.79 Å². The molecule has 1 atom stereocenters. The van der Waals surface area contributed by atoms with Gasteiger partial charge in [-0.15, -0.1) is 0 Å². The van der Waals surface area contributed by atoms with Gasteiger partial charge in [0.1, 0.15) is 11.9 Å². The average Bonchev–Trinajstić information content (AvgIpc) is 2.28. The van der Waals surface area contributed by atoms with Crippen LogP contribution >= 0.6 is 0 Å². The highest BCUT2D eigenvalue weighted by Gasteiger charge is 2.21.